The van der Waals surface area contributed by atoms with Crippen LogP contribution in [0.5, 0.6) is 5.75 Å². The highest BCUT2D eigenvalue weighted by molar-refractivity contribution is 5.93. The van der Waals surface area contributed by atoms with Gasteiger partial charge in [-0.3, -0.25) is 10.2 Å². The van der Waals surface area contributed by atoms with Crippen molar-refractivity contribution in [1.82, 2.24) is 10.2 Å². The van der Waals surface area contributed by atoms with Crippen LogP contribution in [0.3, 0.4) is 0 Å². The van der Waals surface area contributed by atoms with Crippen molar-refractivity contribution in [1.29, 1.82) is 0 Å². The first-order valence-corrected chi connectivity index (χ1v) is 9.25. The van der Waals surface area contributed by atoms with Gasteiger partial charge in [-0.15, -0.1) is 0 Å². The van der Waals surface area contributed by atoms with Crippen molar-refractivity contribution >= 4 is 5.97 Å². The number of morpholine rings is 1. The molecule has 6 heteroatoms. The summed E-state index contributed by atoms with van der Waals surface area (Å²) in [5.41, 5.74) is 2.74. The first-order valence-electron chi connectivity index (χ1n) is 9.25. The van der Waals surface area contributed by atoms with Crippen molar-refractivity contribution in [2.24, 2.45) is 0 Å². The third-order valence-electron chi connectivity index (χ3n) is 5.17. The van der Waals surface area contributed by atoms with Gasteiger partial charge in [-0.1, -0.05) is 30.3 Å². The molecule has 6 nitrogen and oxygen atoms in total. The van der Waals surface area contributed by atoms with Gasteiger partial charge in [0.25, 0.3) is 0 Å². The summed E-state index contributed by atoms with van der Waals surface area (Å²) in [4.78, 5) is 14.5. The fourth-order valence-corrected chi connectivity index (χ4v) is 3.69. The number of carbonyl (C=O) groups is 1. The van der Waals surface area contributed by atoms with Crippen LogP contribution in [0, 0.1) is 0 Å². The van der Waals surface area contributed by atoms with E-state index in [0.29, 0.717) is 12.1 Å². The molecule has 0 aliphatic carbocycles. The van der Waals surface area contributed by atoms with Gasteiger partial charge in [-0.05, 0) is 23.8 Å². The molecule has 1 fully saturated rings. The van der Waals surface area contributed by atoms with Gasteiger partial charge < -0.3 is 14.2 Å². The van der Waals surface area contributed by atoms with E-state index >= 15 is 0 Å². The number of cyclic esters (lactones) is 1. The van der Waals surface area contributed by atoms with Crippen LogP contribution >= 0.6 is 0 Å². The van der Waals surface area contributed by atoms with E-state index in [1.54, 1.807) is 7.11 Å². The van der Waals surface area contributed by atoms with Gasteiger partial charge >= 0.3 is 5.97 Å². The van der Waals surface area contributed by atoms with Crippen molar-refractivity contribution in [3.05, 3.63) is 65.2 Å². The van der Waals surface area contributed by atoms with Crippen LogP contribution in [0.1, 0.15) is 33.8 Å². The van der Waals surface area contributed by atoms with Crippen LogP contribution in [0.25, 0.3) is 0 Å². The number of hydrogen-bond acceptors (Lipinski definition) is 6. The molecule has 0 spiro atoms. The fraction of sp³-hybridized carbons (Fsp3) is 0.381. The number of methoxy groups -OCH3 is 1. The summed E-state index contributed by atoms with van der Waals surface area (Å²) in [7, 11) is 1.67. The van der Waals surface area contributed by atoms with E-state index < -0.39 is 6.23 Å². The van der Waals surface area contributed by atoms with Gasteiger partial charge in [0.05, 0.1) is 25.9 Å². The molecule has 2 heterocycles. The molecule has 2 aliphatic rings. The Hall–Kier alpha value is -2.41. The van der Waals surface area contributed by atoms with E-state index in [1.807, 2.05) is 36.4 Å². The van der Waals surface area contributed by atoms with Gasteiger partial charge in [0.15, 0.2) is 6.23 Å². The van der Waals surface area contributed by atoms with Crippen molar-refractivity contribution in [2.45, 2.75) is 12.3 Å². The minimum Gasteiger partial charge on any atom is -0.497 e. The number of carbonyl (C=O) groups excluding carboxylic acids is 1. The summed E-state index contributed by atoms with van der Waals surface area (Å²) in [6, 6.07) is 15.8. The quantitative estimate of drug-likeness (QED) is 0.791. The fourth-order valence-electron chi connectivity index (χ4n) is 3.69. The summed E-state index contributed by atoms with van der Waals surface area (Å²) >= 11 is 0. The molecule has 0 saturated carbocycles. The van der Waals surface area contributed by atoms with Gasteiger partial charge in [0.2, 0.25) is 0 Å². The van der Waals surface area contributed by atoms with E-state index in [2.05, 4.69) is 22.3 Å². The summed E-state index contributed by atoms with van der Waals surface area (Å²) in [6.45, 7) is 3.87. The Morgan fingerprint density at radius 3 is 2.63 bits per heavy atom. The van der Waals surface area contributed by atoms with Crippen molar-refractivity contribution in [3.8, 4) is 5.75 Å². The summed E-state index contributed by atoms with van der Waals surface area (Å²) in [6.07, 6.45) is -0.407. The first-order chi connectivity index (χ1) is 13.3. The van der Waals surface area contributed by atoms with Crippen molar-refractivity contribution in [2.75, 3.05) is 40.0 Å². The molecule has 4 rings (SSSR count). The summed E-state index contributed by atoms with van der Waals surface area (Å²) in [5, 5.41) is 3.44. The summed E-state index contributed by atoms with van der Waals surface area (Å²) in [5.74, 6) is 0.571. The number of fused-ring (bicyclic) bond motifs is 1. The third-order valence-corrected chi connectivity index (χ3v) is 5.17. The van der Waals surface area contributed by atoms with Crippen LogP contribution in [0.15, 0.2) is 48.5 Å². The molecule has 2 aromatic rings. The molecule has 0 bridgehead atoms. The van der Waals surface area contributed by atoms with Crippen LogP contribution in [-0.4, -0.2) is 50.8 Å². The zero-order chi connectivity index (χ0) is 18.6. The van der Waals surface area contributed by atoms with E-state index in [-0.39, 0.29) is 12.0 Å². The zero-order valence-corrected chi connectivity index (χ0v) is 15.4. The number of nitrogens with one attached hydrogen (secondary N) is 1. The molecule has 2 atom stereocenters. The summed E-state index contributed by atoms with van der Waals surface area (Å²) < 4.78 is 16.3. The number of rotatable bonds is 6. The van der Waals surface area contributed by atoms with E-state index in [0.717, 1.165) is 37.6 Å². The molecule has 1 saturated heterocycles. The predicted octanol–water partition coefficient (Wildman–Crippen LogP) is 2.53. The largest absolute Gasteiger partial charge is 0.497 e. The second-order valence-corrected chi connectivity index (χ2v) is 6.72. The molecule has 27 heavy (non-hydrogen) atoms. The molecule has 0 aromatic heterocycles. The van der Waals surface area contributed by atoms with Crippen molar-refractivity contribution < 1.29 is 19.0 Å². The average Bonchev–Trinajstić information content (AvgIpc) is 3.05. The topological polar surface area (TPSA) is 60.0 Å². The third kappa shape index (κ3) is 3.83. The minimum absolute atomic E-state index is 0.159. The van der Waals surface area contributed by atoms with Gasteiger partial charge in [-0.2, -0.15) is 0 Å². The van der Waals surface area contributed by atoms with Crippen LogP contribution in [0.2, 0.25) is 0 Å². The van der Waals surface area contributed by atoms with Gasteiger partial charge in [-0.25, -0.2) is 4.79 Å². The van der Waals surface area contributed by atoms with Crippen LogP contribution in [-0.2, 0) is 9.47 Å². The highest BCUT2D eigenvalue weighted by Crippen LogP contribution is 2.30. The SMILES string of the molecule is COc1ccc(C(CNC2OC(=O)c3ccccc32)N2CCOCC2)cc1. The molecule has 2 aliphatic heterocycles. The Kier molecular flexibility index (Phi) is 5.38. The standard InChI is InChI=1S/C21H24N2O4/c1-25-16-8-6-15(7-9-16)19(23-10-12-26-13-11-23)14-22-20-17-4-2-3-5-18(17)21(24)27-20/h2-9,19-20,22H,10-14H2,1H3. The molecule has 142 valence electrons. The molecule has 0 amide bonds. The number of ether oxygens (including phenoxy) is 3. The van der Waals surface area contributed by atoms with Gasteiger partial charge in [0, 0.05) is 31.2 Å². The Bertz CT molecular complexity index is 787. The molecule has 0 radical (unpaired) electrons. The molecular formula is C21H24N2O4. The predicted molar refractivity (Wildman–Crippen MR) is 101 cm³/mol. The number of hydrogen-bond donors (Lipinski definition) is 1. The maximum atomic E-state index is 12.1. The molecular weight excluding hydrogens is 344 g/mol. The number of nitrogens with zero attached hydrogens (tertiary/aromatic N) is 1. The highest BCUT2D eigenvalue weighted by Gasteiger charge is 2.31. The first kappa shape index (κ1) is 18.0. The average molecular weight is 368 g/mol. The number of esters is 1. The Labute approximate surface area is 159 Å². The Morgan fingerprint density at radius 1 is 1.15 bits per heavy atom. The molecule has 2 unspecified atom stereocenters. The van der Waals surface area contributed by atoms with Gasteiger partial charge in [0.1, 0.15) is 5.75 Å². The molecule has 1 N–H and O–H groups in total. The van der Waals surface area contributed by atoms with Crippen molar-refractivity contribution in [3.63, 3.8) is 0 Å². The second-order valence-electron chi connectivity index (χ2n) is 6.72. The normalized spacial score (nSPS) is 20.8. The second kappa shape index (κ2) is 8.08. The Morgan fingerprint density at radius 2 is 1.89 bits per heavy atom. The Balaban J connectivity index is 1.51. The zero-order valence-electron chi connectivity index (χ0n) is 15.4. The lowest BCUT2D eigenvalue weighted by atomic mass is 10.0. The van der Waals surface area contributed by atoms with E-state index in [1.165, 1.54) is 5.56 Å². The van der Waals surface area contributed by atoms with Crippen LogP contribution < -0.4 is 10.1 Å². The minimum atomic E-state index is -0.407. The maximum Gasteiger partial charge on any atom is 0.340 e. The smallest absolute Gasteiger partial charge is 0.340 e. The lowest BCUT2D eigenvalue weighted by molar-refractivity contribution is 0.00760. The highest BCUT2D eigenvalue weighted by atomic mass is 16.6. The molecule has 2 aromatic carbocycles. The maximum absolute atomic E-state index is 12.1. The van der Waals surface area contributed by atoms with Crippen LogP contribution in [0.4, 0.5) is 0 Å². The lowest BCUT2D eigenvalue weighted by Gasteiger charge is -2.35. The number of benzene rings is 2. The lowest BCUT2D eigenvalue weighted by Crippen LogP contribution is -2.43. The van der Waals surface area contributed by atoms with E-state index in [9.17, 15) is 4.79 Å². The monoisotopic (exact) mass is 368 g/mol. The van der Waals surface area contributed by atoms with E-state index in [4.69, 9.17) is 14.2 Å².